The molecule has 5 nitrogen and oxygen atoms in total. The van der Waals surface area contributed by atoms with Gasteiger partial charge in [-0.3, -0.25) is 4.40 Å². The smallest absolute Gasteiger partial charge is 0.259 e. The second-order valence-electron chi connectivity index (χ2n) is 4.53. The van der Waals surface area contributed by atoms with Crippen molar-refractivity contribution in [3.8, 4) is 0 Å². The molecule has 2 heterocycles. The van der Waals surface area contributed by atoms with E-state index in [-0.39, 0.29) is 10.9 Å². The predicted molar refractivity (Wildman–Crippen MR) is 70.3 cm³/mol. The third-order valence-electron chi connectivity index (χ3n) is 2.89. The van der Waals surface area contributed by atoms with Crippen molar-refractivity contribution >= 4 is 15.5 Å². The Labute approximate surface area is 107 Å². The molecule has 2 aromatic rings. The lowest BCUT2D eigenvalue weighted by atomic mass is 10.2. The Balaban J connectivity index is 2.90. The van der Waals surface area contributed by atoms with E-state index in [1.54, 1.807) is 6.07 Å². The van der Waals surface area contributed by atoms with Gasteiger partial charge in [0, 0.05) is 11.6 Å². The van der Waals surface area contributed by atoms with Gasteiger partial charge in [-0.05, 0) is 26.1 Å². The molecule has 2 aromatic heterocycles. The van der Waals surface area contributed by atoms with Crippen molar-refractivity contribution in [2.45, 2.75) is 31.7 Å². The second kappa shape index (κ2) is 4.37. The van der Waals surface area contributed by atoms with E-state index in [0.29, 0.717) is 5.52 Å². The van der Waals surface area contributed by atoms with Crippen LogP contribution in [0, 0.1) is 6.92 Å². The van der Waals surface area contributed by atoms with Crippen LogP contribution in [-0.4, -0.2) is 24.9 Å². The van der Waals surface area contributed by atoms with Gasteiger partial charge in [0.05, 0.1) is 5.52 Å². The first-order valence-corrected chi connectivity index (χ1v) is 7.28. The molecular formula is C12H17N3O2S. The lowest BCUT2D eigenvalue weighted by Gasteiger charge is -2.06. The maximum Gasteiger partial charge on any atom is 0.259 e. The summed E-state index contributed by atoms with van der Waals surface area (Å²) in [5, 5.41) is 0.0948. The van der Waals surface area contributed by atoms with Crippen LogP contribution in [0.1, 0.15) is 31.3 Å². The minimum absolute atomic E-state index is 0.0948. The molecule has 0 bridgehead atoms. The fraction of sp³-hybridized carbons (Fsp3) is 0.417. The highest BCUT2D eigenvalue weighted by molar-refractivity contribution is 7.89. The van der Waals surface area contributed by atoms with Crippen LogP contribution in [0.3, 0.4) is 0 Å². The molecule has 0 saturated carbocycles. The Kier molecular flexibility index (Phi) is 3.16. The minimum atomic E-state index is -3.54. The van der Waals surface area contributed by atoms with Crippen molar-refractivity contribution in [3.05, 3.63) is 29.7 Å². The Hall–Kier alpha value is -1.40. The molecule has 1 N–H and O–H groups in total. The van der Waals surface area contributed by atoms with Crippen molar-refractivity contribution in [2.24, 2.45) is 0 Å². The van der Waals surface area contributed by atoms with E-state index in [2.05, 4.69) is 9.71 Å². The highest BCUT2D eigenvalue weighted by atomic mass is 32.2. The zero-order valence-electron chi connectivity index (χ0n) is 10.9. The quantitative estimate of drug-likeness (QED) is 0.920. The molecule has 0 aromatic carbocycles. The molecule has 0 amide bonds. The number of imidazole rings is 1. The van der Waals surface area contributed by atoms with Crippen LogP contribution >= 0.6 is 0 Å². The van der Waals surface area contributed by atoms with E-state index < -0.39 is 10.0 Å². The van der Waals surface area contributed by atoms with Gasteiger partial charge in [0.2, 0.25) is 0 Å². The van der Waals surface area contributed by atoms with Gasteiger partial charge in [-0.15, -0.1) is 0 Å². The van der Waals surface area contributed by atoms with Crippen molar-refractivity contribution in [1.29, 1.82) is 0 Å². The lowest BCUT2D eigenvalue weighted by Crippen LogP contribution is -2.19. The fourth-order valence-electron chi connectivity index (χ4n) is 1.98. The Morgan fingerprint density at radius 3 is 2.56 bits per heavy atom. The summed E-state index contributed by atoms with van der Waals surface area (Å²) in [5.74, 6) is 0.913. The number of hydrogen-bond donors (Lipinski definition) is 1. The van der Waals surface area contributed by atoms with Crippen LogP contribution in [0.4, 0.5) is 0 Å². The average Bonchev–Trinajstić information content (AvgIpc) is 2.70. The van der Waals surface area contributed by atoms with Gasteiger partial charge in [0.15, 0.2) is 5.03 Å². The van der Waals surface area contributed by atoms with Crippen LogP contribution in [0.2, 0.25) is 0 Å². The largest absolute Gasteiger partial charge is 0.299 e. The number of rotatable bonds is 3. The molecule has 2 rings (SSSR count). The van der Waals surface area contributed by atoms with E-state index in [9.17, 15) is 8.42 Å². The molecule has 0 aliphatic heterocycles. The van der Waals surface area contributed by atoms with Crippen LogP contribution in [0.25, 0.3) is 5.52 Å². The van der Waals surface area contributed by atoms with Crippen LogP contribution in [0.5, 0.6) is 0 Å². The summed E-state index contributed by atoms with van der Waals surface area (Å²) in [7, 11) is -2.14. The average molecular weight is 267 g/mol. The summed E-state index contributed by atoms with van der Waals surface area (Å²) in [6, 6.07) is 5.55. The van der Waals surface area contributed by atoms with Gasteiger partial charge >= 0.3 is 0 Å². The monoisotopic (exact) mass is 267 g/mol. The fourth-order valence-corrected chi connectivity index (χ4v) is 2.82. The summed E-state index contributed by atoms with van der Waals surface area (Å²) < 4.78 is 28.2. The summed E-state index contributed by atoms with van der Waals surface area (Å²) in [4.78, 5) is 4.30. The molecule has 0 fully saturated rings. The number of nitrogens with one attached hydrogen (secondary N) is 1. The van der Waals surface area contributed by atoms with E-state index in [1.807, 2.05) is 37.3 Å². The Morgan fingerprint density at radius 1 is 1.33 bits per heavy atom. The van der Waals surface area contributed by atoms with Gasteiger partial charge in [-0.25, -0.2) is 18.1 Å². The maximum atomic E-state index is 12.0. The van der Waals surface area contributed by atoms with Gasteiger partial charge in [0.1, 0.15) is 5.82 Å². The number of nitrogens with zero attached hydrogens (tertiary/aromatic N) is 2. The molecule has 0 aliphatic carbocycles. The normalized spacial score (nSPS) is 12.5. The molecule has 0 unspecified atom stereocenters. The summed E-state index contributed by atoms with van der Waals surface area (Å²) in [6.07, 6.45) is 0. The number of aryl methyl sites for hydroxylation is 1. The molecule has 0 atom stereocenters. The number of aromatic nitrogens is 2. The van der Waals surface area contributed by atoms with E-state index in [4.69, 9.17) is 0 Å². The molecule has 6 heteroatoms. The van der Waals surface area contributed by atoms with E-state index in [0.717, 1.165) is 11.5 Å². The summed E-state index contributed by atoms with van der Waals surface area (Å²) >= 11 is 0. The molecule has 0 saturated heterocycles. The number of hydrogen-bond acceptors (Lipinski definition) is 3. The number of fused-ring (bicyclic) bond motifs is 1. The first kappa shape index (κ1) is 13.0. The van der Waals surface area contributed by atoms with E-state index in [1.165, 1.54) is 7.05 Å². The minimum Gasteiger partial charge on any atom is -0.299 e. The number of pyridine rings is 1. The maximum absolute atomic E-state index is 12.0. The first-order valence-electron chi connectivity index (χ1n) is 5.80. The molecular weight excluding hydrogens is 250 g/mol. The van der Waals surface area contributed by atoms with Crippen molar-refractivity contribution < 1.29 is 8.42 Å². The molecule has 0 aliphatic rings. The van der Waals surface area contributed by atoms with Crippen molar-refractivity contribution in [1.82, 2.24) is 14.1 Å². The third kappa shape index (κ3) is 1.91. The SMILES string of the molecule is CNS(=O)(=O)c1nc(C(C)C)n2c(C)cccc12. The zero-order valence-corrected chi connectivity index (χ0v) is 11.7. The highest BCUT2D eigenvalue weighted by Crippen LogP contribution is 2.24. The molecule has 18 heavy (non-hydrogen) atoms. The zero-order chi connectivity index (χ0) is 13.5. The standard InChI is InChI=1S/C12H17N3O2S/c1-8(2)11-14-12(18(16,17)13-4)10-7-5-6-9(3)15(10)11/h5-8,13H,1-4H3. The topological polar surface area (TPSA) is 63.5 Å². The Morgan fingerprint density at radius 2 is 2.00 bits per heavy atom. The van der Waals surface area contributed by atoms with E-state index >= 15 is 0 Å². The predicted octanol–water partition coefficient (Wildman–Crippen LogP) is 1.67. The molecule has 0 spiro atoms. The van der Waals surface area contributed by atoms with Gasteiger partial charge in [0.25, 0.3) is 10.0 Å². The van der Waals surface area contributed by atoms with Gasteiger partial charge in [-0.1, -0.05) is 19.9 Å². The van der Waals surface area contributed by atoms with Crippen molar-refractivity contribution in [2.75, 3.05) is 7.05 Å². The first-order chi connectivity index (χ1) is 8.38. The highest BCUT2D eigenvalue weighted by Gasteiger charge is 2.23. The molecule has 0 radical (unpaired) electrons. The van der Waals surface area contributed by atoms with Gasteiger partial charge < -0.3 is 0 Å². The second-order valence-corrected chi connectivity index (χ2v) is 6.33. The van der Waals surface area contributed by atoms with Crippen LogP contribution in [0.15, 0.2) is 23.2 Å². The Bertz CT molecular complexity index is 687. The number of sulfonamides is 1. The van der Waals surface area contributed by atoms with Crippen molar-refractivity contribution in [3.63, 3.8) is 0 Å². The van der Waals surface area contributed by atoms with Crippen LogP contribution in [-0.2, 0) is 10.0 Å². The third-order valence-corrected chi connectivity index (χ3v) is 4.24. The van der Waals surface area contributed by atoms with Gasteiger partial charge in [-0.2, -0.15) is 0 Å². The molecule has 98 valence electrons. The van der Waals surface area contributed by atoms with Crippen LogP contribution < -0.4 is 4.72 Å². The summed E-state index contributed by atoms with van der Waals surface area (Å²) in [5.41, 5.74) is 1.59. The summed E-state index contributed by atoms with van der Waals surface area (Å²) in [6.45, 7) is 5.93. The lowest BCUT2D eigenvalue weighted by molar-refractivity contribution is 0.585.